The number of para-hydroxylation sites is 2. The predicted molar refractivity (Wildman–Crippen MR) is 137 cm³/mol. The summed E-state index contributed by atoms with van der Waals surface area (Å²) in [5.41, 5.74) is 9.66. The first-order chi connectivity index (χ1) is 17.6. The quantitative estimate of drug-likeness (QED) is 0.411. The highest BCUT2D eigenvalue weighted by molar-refractivity contribution is 5.89. The Morgan fingerprint density at radius 2 is 1.92 bits per heavy atom. The summed E-state index contributed by atoms with van der Waals surface area (Å²) >= 11 is 0. The van der Waals surface area contributed by atoms with E-state index in [0.717, 1.165) is 30.5 Å². The molecule has 180 valence electrons. The molecule has 2 N–H and O–H groups in total. The molecule has 4 heterocycles. The highest BCUT2D eigenvalue weighted by Gasteiger charge is 2.28. The molecule has 0 bridgehead atoms. The Bertz CT molecular complexity index is 1630. The van der Waals surface area contributed by atoms with Gasteiger partial charge in [0, 0.05) is 25.7 Å². The molecule has 5 aromatic rings. The number of nitrogens with zero attached hydrogens (tertiary/aromatic N) is 6. The number of oxazole rings is 1. The van der Waals surface area contributed by atoms with Crippen LogP contribution in [0, 0.1) is 11.3 Å². The Balaban J connectivity index is 1.52. The maximum atomic E-state index is 13.9. The highest BCUT2D eigenvalue weighted by atomic mass is 16.3. The van der Waals surface area contributed by atoms with Gasteiger partial charge in [-0.2, -0.15) is 5.26 Å². The standard InChI is InChI=1S/C27H25N7O2/c28-13-20-24-25(27(35)33(17-30-24)16-23-31-21-10-4-5-11-22(21)36-23)34(14-18-7-2-1-3-8-18)26(20)32-12-6-9-19(29)15-32/h1-5,7-8,10-11,17,19H,6,9,12,14-16,29H2/t19-/m0/s1. The van der Waals surface area contributed by atoms with Gasteiger partial charge in [0.1, 0.15) is 40.5 Å². The lowest BCUT2D eigenvalue weighted by atomic mass is 10.1. The molecule has 2 aromatic carbocycles. The van der Waals surface area contributed by atoms with Crippen LogP contribution >= 0.6 is 0 Å². The minimum atomic E-state index is -0.248. The third kappa shape index (κ3) is 3.82. The molecular weight excluding hydrogens is 454 g/mol. The lowest BCUT2D eigenvalue weighted by molar-refractivity contribution is 0.497. The zero-order valence-electron chi connectivity index (χ0n) is 19.7. The van der Waals surface area contributed by atoms with Gasteiger partial charge >= 0.3 is 0 Å². The van der Waals surface area contributed by atoms with Gasteiger partial charge in [-0.1, -0.05) is 42.5 Å². The van der Waals surface area contributed by atoms with Crippen LogP contribution in [0.2, 0.25) is 0 Å². The van der Waals surface area contributed by atoms with Crippen molar-refractivity contribution in [2.75, 3.05) is 18.0 Å². The Kier molecular flexibility index (Phi) is 5.51. The van der Waals surface area contributed by atoms with Crippen molar-refractivity contribution in [2.24, 2.45) is 5.73 Å². The van der Waals surface area contributed by atoms with E-state index in [0.29, 0.717) is 47.0 Å². The van der Waals surface area contributed by atoms with Crippen LogP contribution in [0.15, 0.2) is 70.1 Å². The zero-order chi connectivity index (χ0) is 24.6. The average Bonchev–Trinajstić information content (AvgIpc) is 3.44. The molecule has 9 heteroatoms. The van der Waals surface area contributed by atoms with E-state index >= 15 is 0 Å². The van der Waals surface area contributed by atoms with Crippen LogP contribution in [0.4, 0.5) is 5.82 Å². The zero-order valence-corrected chi connectivity index (χ0v) is 19.7. The Morgan fingerprint density at radius 3 is 2.69 bits per heavy atom. The van der Waals surface area contributed by atoms with Crippen molar-refractivity contribution in [2.45, 2.75) is 32.0 Å². The van der Waals surface area contributed by atoms with E-state index in [-0.39, 0.29) is 18.1 Å². The lowest BCUT2D eigenvalue weighted by Gasteiger charge is -2.33. The summed E-state index contributed by atoms with van der Waals surface area (Å²) in [6.07, 6.45) is 3.33. The topological polar surface area (TPSA) is 119 Å². The molecule has 9 nitrogen and oxygen atoms in total. The molecule has 1 fully saturated rings. The van der Waals surface area contributed by atoms with Crippen LogP contribution in [0.5, 0.6) is 0 Å². The molecule has 1 saturated heterocycles. The molecule has 0 unspecified atom stereocenters. The summed E-state index contributed by atoms with van der Waals surface area (Å²) in [6.45, 7) is 1.96. The molecule has 0 amide bonds. The Morgan fingerprint density at radius 1 is 1.11 bits per heavy atom. The number of fused-ring (bicyclic) bond motifs is 2. The largest absolute Gasteiger partial charge is 0.439 e. The second-order valence-corrected chi connectivity index (χ2v) is 9.18. The molecule has 1 atom stereocenters. The van der Waals surface area contributed by atoms with Gasteiger partial charge in [0.05, 0.1) is 6.33 Å². The smallest absolute Gasteiger partial charge is 0.278 e. The Hall–Kier alpha value is -4.42. The van der Waals surface area contributed by atoms with Crippen molar-refractivity contribution >= 4 is 28.0 Å². The fourth-order valence-corrected chi connectivity index (χ4v) is 5.05. The number of piperidine rings is 1. The number of rotatable bonds is 5. The molecule has 36 heavy (non-hydrogen) atoms. The number of aromatic nitrogens is 4. The van der Waals surface area contributed by atoms with Crippen LogP contribution in [-0.2, 0) is 13.1 Å². The van der Waals surface area contributed by atoms with Gasteiger partial charge in [0.15, 0.2) is 5.58 Å². The summed E-state index contributed by atoms with van der Waals surface area (Å²) in [7, 11) is 0. The van der Waals surface area contributed by atoms with Gasteiger partial charge in [-0.15, -0.1) is 0 Å². The first-order valence-electron chi connectivity index (χ1n) is 12.0. The van der Waals surface area contributed by atoms with E-state index in [2.05, 4.69) is 20.9 Å². The van der Waals surface area contributed by atoms with E-state index in [9.17, 15) is 10.1 Å². The van der Waals surface area contributed by atoms with E-state index in [1.807, 2.05) is 59.2 Å². The molecule has 0 radical (unpaired) electrons. The van der Waals surface area contributed by atoms with Crippen molar-refractivity contribution in [1.29, 1.82) is 5.26 Å². The predicted octanol–water partition coefficient (Wildman–Crippen LogP) is 3.23. The van der Waals surface area contributed by atoms with Crippen molar-refractivity contribution < 1.29 is 4.42 Å². The summed E-state index contributed by atoms with van der Waals surface area (Å²) in [5.74, 6) is 1.12. The molecule has 1 aliphatic heterocycles. The van der Waals surface area contributed by atoms with E-state index < -0.39 is 0 Å². The second-order valence-electron chi connectivity index (χ2n) is 9.18. The van der Waals surface area contributed by atoms with Crippen LogP contribution in [-0.4, -0.2) is 38.2 Å². The van der Waals surface area contributed by atoms with Crippen molar-refractivity contribution in [3.63, 3.8) is 0 Å². The number of hydrogen-bond donors (Lipinski definition) is 1. The minimum absolute atomic E-state index is 0.0113. The SMILES string of the molecule is N#Cc1c(N2CCC[C@H](N)C2)n(Cc2ccccc2)c2c(=O)n(Cc3nc4ccccc4o3)cnc12. The summed E-state index contributed by atoms with van der Waals surface area (Å²) < 4.78 is 9.26. The first kappa shape index (κ1) is 22.1. The first-order valence-corrected chi connectivity index (χ1v) is 12.0. The third-order valence-electron chi connectivity index (χ3n) is 6.70. The number of benzene rings is 2. The maximum absolute atomic E-state index is 13.9. The van der Waals surface area contributed by atoms with Gasteiger partial charge in [0.25, 0.3) is 5.56 Å². The van der Waals surface area contributed by atoms with Crippen molar-refractivity contribution in [3.8, 4) is 6.07 Å². The number of hydrogen-bond acceptors (Lipinski definition) is 7. The van der Waals surface area contributed by atoms with E-state index in [1.165, 1.54) is 10.9 Å². The lowest BCUT2D eigenvalue weighted by Crippen LogP contribution is -2.44. The number of nitrogens with two attached hydrogens (primary N) is 1. The van der Waals surface area contributed by atoms with Crippen molar-refractivity contribution in [3.05, 3.63) is 88.3 Å². The van der Waals surface area contributed by atoms with E-state index in [1.54, 1.807) is 0 Å². The summed E-state index contributed by atoms with van der Waals surface area (Å²) in [4.78, 5) is 25.1. The maximum Gasteiger partial charge on any atom is 0.278 e. The van der Waals surface area contributed by atoms with Gasteiger partial charge < -0.3 is 19.6 Å². The summed E-state index contributed by atoms with van der Waals surface area (Å²) in [5, 5.41) is 10.2. The molecule has 6 rings (SSSR count). The molecule has 0 aliphatic carbocycles. The van der Waals surface area contributed by atoms with Crippen LogP contribution in [0.1, 0.15) is 29.9 Å². The number of anilines is 1. The summed E-state index contributed by atoms with van der Waals surface area (Å²) in [6, 6.07) is 19.7. The molecule has 0 spiro atoms. The van der Waals surface area contributed by atoms with E-state index in [4.69, 9.17) is 10.2 Å². The average molecular weight is 480 g/mol. The molecule has 3 aromatic heterocycles. The minimum Gasteiger partial charge on any atom is -0.439 e. The van der Waals surface area contributed by atoms with Gasteiger partial charge in [0.2, 0.25) is 5.89 Å². The van der Waals surface area contributed by atoms with Gasteiger partial charge in [-0.25, -0.2) is 9.97 Å². The highest BCUT2D eigenvalue weighted by Crippen LogP contribution is 2.32. The third-order valence-corrected chi connectivity index (χ3v) is 6.70. The molecule has 0 saturated carbocycles. The number of nitriles is 1. The van der Waals surface area contributed by atoms with Crippen molar-refractivity contribution in [1.82, 2.24) is 19.1 Å². The monoisotopic (exact) mass is 479 g/mol. The fraction of sp³-hybridized carbons (Fsp3) is 0.259. The molecular formula is C27H25N7O2. The second kappa shape index (κ2) is 8.98. The van der Waals surface area contributed by atoms with Gasteiger partial charge in [-0.3, -0.25) is 9.36 Å². The van der Waals surface area contributed by atoms with Crippen LogP contribution < -0.4 is 16.2 Å². The fourth-order valence-electron chi connectivity index (χ4n) is 5.05. The molecule has 1 aliphatic rings. The van der Waals surface area contributed by atoms with Gasteiger partial charge in [-0.05, 0) is 30.5 Å². The van der Waals surface area contributed by atoms with Crippen LogP contribution in [0.25, 0.3) is 22.1 Å². The normalized spacial score (nSPS) is 16.0. The van der Waals surface area contributed by atoms with Crippen LogP contribution in [0.3, 0.4) is 0 Å². The Labute approximate surface area is 207 Å².